The maximum Gasteiger partial charge on any atom is 0.186 e. The second-order valence-corrected chi connectivity index (χ2v) is 14.5. The van der Waals surface area contributed by atoms with Gasteiger partial charge in [0, 0.05) is 43.4 Å². The molecular formula is C41H55N3O5. The number of carbonyl (C=O) groups is 1. The number of allylic oxidation sites excluding steroid dienone is 1. The van der Waals surface area contributed by atoms with Gasteiger partial charge in [0.05, 0.1) is 30.8 Å². The van der Waals surface area contributed by atoms with Gasteiger partial charge < -0.3 is 31.2 Å². The van der Waals surface area contributed by atoms with E-state index >= 15 is 0 Å². The Bertz CT molecular complexity index is 1550. The molecule has 0 amide bonds. The Hall–Kier alpha value is -3.72. The SMILES string of the molecule is CCCC(=CC(=O)CCc1cc(OC2CCCC2)c(O)c2c1C#CC1CC#CCC(C)CCC2C2CC(C=CC2OC)C1N=C(N)N)CO. The molecule has 49 heavy (non-hydrogen) atoms. The van der Waals surface area contributed by atoms with Gasteiger partial charge in [0.1, 0.15) is 0 Å². The highest BCUT2D eigenvalue weighted by molar-refractivity contribution is 5.90. The summed E-state index contributed by atoms with van der Waals surface area (Å²) >= 11 is 0. The van der Waals surface area contributed by atoms with E-state index in [9.17, 15) is 15.0 Å². The topological polar surface area (TPSA) is 140 Å². The fourth-order valence-corrected chi connectivity index (χ4v) is 8.25. The molecule has 0 radical (unpaired) electrons. The highest BCUT2D eigenvalue weighted by atomic mass is 16.5. The first-order valence-corrected chi connectivity index (χ1v) is 18.4. The summed E-state index contributed by atoms with van der Waals surface area (Å²) in [7, 11) is 1.75. The van der Waals surface area contributed by atoms with E-state index in [1.807, 2.05) is 13.0 Å². The molecule has 8 heteroatoms. The number of fused-ring (bicyclic) bond motifs is 5. The Morgan fingerprint density at radius 2 is 1.88 bits per heavy atom. The highest BCUT2D eigenvalue weighted by Gasteiger charge is 2.41. The number of aliphatic hydroxyl groups is 1. The summed E-state index contributed by atoms with van der Waals surface area (Å²) in [5.41, 5.74) is 15.2. The Balaban J connectivity index is 1.73. The Kier molecular flexibility index (Phi) is 12.9. The van der Waals surface area contributed by atoms with E-state index in [2.05, 4.69) is 42.8 Å². The minimum Gasteiger partial charge on any atom is -0.504 e. The molecule has 264 valence electrons. The van der Waals surface area contributed by atoms with E-state index in [0.29, 0.717) is 30.9 Å². The average molecular weight is 670 g/mol. The average Bonchev–Trinajstić information content (AvgIpc) is 3.60. The van der Waals surface area contributed by atoms with Crippen LogP contribution in [0, 0.1) is 47.4 Å². The van der Waals surface area contributed by atoms with Crippen LogP contribution in [0.1, 0.15) is 114 Å². The van der Waals surface area contributed by atoms with E-state index < -0.39 is 0 Å². The smallest absolute Gasteiger partial charge is 0.186 e. The van der Waals surface area contributed by atoms with E-state index in [-0.39, 0.29) is 72.4 Å². The fourth-order valence-electron chi connectivity index (χ4n) is 8.25. The largest absolute Gasteiger partial charge is 0.504 e. The van der Waals surface area contributed by atoms with Gasteiger partial charge in [-0.15, -0.1) is 11.8 Å². The van der Waals surface area contributed by atoms with Crippen LogP contribution in [0.25, 0.3) is 0 Å². The summed E-state index contributed by atoms with van der Waals surface area (Å²) in [5.74, 6) is 14.5. The zero-order valence-electron chi connectivity index (χ0n) is 29.5. The van der Waals surface area contributed by atoms with Crippen molar-refractivity contribution in [2.45, 2.75) is 121 Å². The third-order valence-corrected chi connectivity index (χ3v) is 10.8. The predicted octanol–water partition coefficient (Wildman–Crippen LogP) is 6.06. The summed E-state index contributed by atoms with van der Waals surface area (Å²) in [6, 6.07) is 1.62. The molecule has 0 spiro atoms. The number of aliphatic hydroxyl groups excluding tert-OH is 1. The maximum absolute atomic E-state index is 13.3. The Morgan fingerprint density at radius 1 is 1.10 bits per heavy atom. The van der Waals surface area contributed by atoms with Gasteiger partial charge in [0.2, 0.25) is 0 Å². The van der Waals surface area contributed by atoms with Crippen LogP contribution in [0.5, 0.6) is 11.5 Å². The van der Waals surface area contributed by atoms with Crippen molar-refractivity contribution < 1.29 is 24.5 Å². The van der Waals surface area contributed by atoms with Crippen molar-refractivity contribution >= 4 is 11.7 Å². The minimum atomic E-state index is -0.298. The van der Waals surface area contributed by atoms with Crippen molar-refractivity contribution in [3.05, 3.63) is 46.6 Å². The van der Waals surface area contributed by atoms with Gasteiger partial charge in [-0.1, -0.05) is 44.3 Å². The lowest BCUT2D eigenvalue weighted by atomic mass is 9.67. The van der Waals surface area contributed by atoms with Crippen LogP contribution in [0.2, 0.25) is 0 Å². The number of aryl methyl sites for hydroxylation is 1. The third-order valence-electron chi connectivity index (χ3n) is 10.8. The number of hydrogen-bond donors (Lipinski definition) is 4. The Labute approximate surface area is 292 Å². The van der Waals surface area contributed by atoms with Gasteiger partial charge >= 0.3 is 0 Å². The number of methoxy groups -OCH3 is 1. The molecule has 0 heterocycles. The van der Waals surface area contributed by atoms with Crippen LogP contribution in [0.3, 0.4) is 0 Å². The fraction of sp³-hybridized carbons (Fsp3) is 0.610. The predicted molar refractivity (Wildman–Crippen MR) is 194 cm³/mol. The zero-order chi connectivity index (χ0) is 34.9. The first-order valence-electron chi connectivity index (χ1n) is 18.4. The number of carbonyl (C=O) groups excluding carboxylic acids is 1. The van der Waals surface area contributed by atoms with Crippen molar-refractivity contribution in [2.24, 2.45) is 40.1 Å². The molecule has 4 bridgehead atoms. The molecule has 6 N–H and O–H groups in total. The molecule has 1 aromatic rings. The minimum absolute atomic E-state index is 0.00890. The number of ether oxygens (including phenoxy) is 2. The van der Waals surface area contributed by atoms with Crippen molar-refractivity contribution in [1.29, 1.82) is 0 Å². The van der Waals surface area contributed by atoms with Gasteiger partial charge in [-0.3, -0.25) is 4.79 Å². The van der Waals surface area contributed by atoms with Crippen LogP contribution < -0.4 is 16.2 Å². The highest BCUT2D eigenvalue weighted by Crippen LogP contribution is 2.50. The first kappa shape index (κ1) is 36.6. The molecule has 8 nitrogen and oxygen atoms in total. The molecule has 7 atom stereocenters. The number of phenolic OH excluding ortho intramolecular Hbond substituents is 1. The quantitative estimate of drug-likeness (QED) is 0.0738. The van der Waals surface area contributed by atoms with Gasteiger partial charge in [0.25, 0.3) is 0 Å². The van der Waals surface area contributed by atoms with Crippen LogP contribution in [0.15, 0.2) is 34.9 Å². The number of rotatable bonds is 11. The van der Waals surface area contributed by atoms with E-state index in [1.165, 1.54) is 0 Å². The van der Waals surface area contributed by atoms with Crippen molar-refractivity contribution in [1.82, 2.24) is 0 Å². The van der Waals surface area contributed by atoms with Crippen LogP contribution in [0.4, 0.5) is 0 Å². The maximum atomic E-state index is 13.3. The summed E-state index contributed by atoms with van der Waals surface area (Å²) < 4.78 is 12.7. The van der Waals surface area contributed by atoms with Gasteiger partial charge in [-0.2, -0.15) is 0 Å². The van der Waals surface area contributed by atoms with Crippen molar-refractivity contribution in [3.8, 4) is 35.2 Å². The van der Waals surface area contributed by atoms with Gasteiger partial charge in [-0.25, -0.2) is 4.99 Å². The zero-order valence-corrected chi connectivity index (χ0v) is 29.5. The molecule has 7 unspecified atom stereocenters. The molecule has 0 saturated heterocycles. The number of benzene rings is 1. The summed E-state index contributed by atoms with van der Waals surface area (Å²) in [5, 5.41) is 22.1. The summed E-state index contributed by atoms with van der Waals surface area (Å²) in [6.45, 7) is 4.14. The van der Waals surface area contributed by atoms with Gasteiger partial charge in [-0.05, 0) is 98.8 Å². The molecule has 1 fully saturated rings. The van der Waals surface area contributed by atoms with Crippen LogP contribution in [-0.2, 0) is 16.0 Å². The number of phenols is 1. The molecule has 0 aromatic heterocycles. The lowest BCUT2D eigenvalue weighted by Crippen LogP contribution is -2.39. The number of ketones is 1. The monoisotopic (exact) mass is 669 g/mol. The number of nitrogens with zero attached hydrogens (tertiary/aromatic N) is 1. The number of guanidine groups is 1. The number of aliphatic imine (C=N–C) groups is 1. The summed E-state index contributed by atoms with van der Waals surface area (Å²) in [6.07, 6.45) is 15.8. The lowest BCUT2D eigenvalue weighted by Gasteiger charge is -2.40. The normalized spacial score (nSPS) is 28.2. The second-order valence-electron chi connectivity index (χ2n) is 14.5. The lowest BCUT2D eigenvalue weighted by molar-refractivity contribution is -0.114. The third kappa shape index (κ3) is 9.10. The second kappa shape index (κ2) is 17.3. The Morgan fingerprint density at radius 3 is 2.59 bits per heavy atom. The molecule has 0 aliphatic heterocycles. The van der Waals surface area contributed by atoms with E-state index in [4.69, 9.17) is 25.9 Å². The summed E-state index contributed by atoms with van der Waals surface area (Å²) in [4.78, 5) is 18.0. The molecule has 1 aromatic carbocycles. The molecule has 5 aliphatic rings. The molecule has 1 saturated carbocycles. The van der Waals surface area contributed by atoms with Crippen molar-refractivity contribution in [2.75, 3.05) is 13.7 Å². The first-order chi connectivity index (χ1) is 23.7. The molecule has 5 aliphatic carbocycles. The van der Waals surface area contributed by atoms with Crippen LogP contribution in [-0.4, -0.2) is 53.9 Å². The van der Waals surface area contributed by atoms with Crippen molar-refractivity contribution in [3.63, 3.8) is 0 Å². The van der Waals surface area contributed by atoms with Gasteiger partial charge in [0.15, 0.2) is 23.2 Å². The van der Waals surface area contributed by atoms with E-state index in [0.717, 1.165) is 80.1 Å². The standard InChI is InChI=1S/C41H55N3O5/c1-4-9-27(25-45)22-31(46)18-15-29-24-37(49-32-12-7-8-13-32)40(47)38-33(29)20-16-28-11-6-5-10-26(2)14-19-34(38)35-23-30(17-21-36(35)48-3)39(28)44-41(42)43/h17,21-22,24,26,28,30,32,34-36,39,45,47H,4,7-15,18-19,23,25H2,1-3H3,(H4,42,43,44). The molecule has 6 rings (SSSR count). The number of hydrogen-bond acceptors (Lipinski definition) is 6. The number of nitrogens with two attached hydrogens (primary N) is 2. The van der Waals surface area contributed by atoms with E-state index in [1.54, 1.807) is 13.2 Å². The molecular weight excluding hydrogens is 614 g/mol. The van der Waals surface area contributed by atoms with Crippen LogP contribution >= 0.6 is 0 Å². The number of aromatic hydroxyl groups is 1.